The van der Waals surface area contributed by atoms with Crippen LogP contribution in [0, 0.1) is 17.8 Å². The minimum Gasteiger partial charge on any atom is -0.352 e. The van der Waals surface area contributed by atoms with Crippen LogP contribution in [0.15, 0.2) is 0 Å². The second-order valence-corrected chi connectivity index (χ2v) is 5.70. The molecule has 3 heteroatoms. The standard InChI is InChI=1S/C13H24N2O/c1-3-8(2)12(14)13(16)15-11-7-9-4-5-10(11)6-9/h8-12H,3-7,14H2,1-2H3,(H,15,16)/t8-,9?,10?,11?,12-/m0/s1. The van der Waals surface area contributed by atoms with E-state index in [9.17, 15) is 4.79 Å². The maximum absolute atomic E-state index is 11.9. The van der Waals surface area contributed by atoms with Gasteiger partial charge >= 0.3 is 0 Å². The lowest BCUT2D eigenvalue weighted by Gasteiger charge is -2.26. The van der Waals surface area contributed by atoms with Crippen LogP contribution in [0.5, 0.6) is 0 Å². The molecule has 5 atom stereocenters. The van der Waals surface area contributed by atoms with Crippen LogP contribution < -0.4 is 11.1 Å². The number of amides is 1. The molecule has 1 amide bonds. The maximum atomic E-state index is 11.9. The number of carbonyl (C=O) groups is 1. The minimum atomic E-state index is -0.330. The van der Waals surface area contributed by atoms with Gasteiger partial charge in [-0.1, -0.05) is 26.7 Å². The summed E-state index contributed by atoms with van der Waals surface area (Å²) in [5, 5.41) is 3.16. The normalized spacial score (nSPS) is 36.1. The molecule has 2 aliphatic rings. The highest BCUT2D eigenvalue weighted by Crippen LogP contribution is 2.44. The molecule has 16 heavy (non-hydrogen) atoms. The van der Waals surface area contributed by atoms with Crippen LogP contribution in [0.3, 0.4) is 0 Å². The lowest BCUT2D eigenvalue weighted by molar-refractivity contribution is -0.124. The van der Waals surface area contributed by atoms with Crippen molar-refractivity contribution in [2.75, 3.05) is 0 Å². The molecule has 2 fully saturated rings. The first-order chi connectivity index (χ1) is 7.61. The Morgan fingerprint density at radius 3 is 2.69 bits per heavy atom. The zero-order chi connectivity index (χ0) is 11.7. The number of hydrogen-bond donors (Lipinski definition) is 2. The molecular weight excluding hydrogens is 200 g/mol. The van der Waals surface area contributed by atoms with Gasteiger partial charge in [0.25, 0.3) is 0 Å². The molecule has 0 spiro atoms. The van der Waals surface area contributed by atoms with E-state index in [1.165, 1.54) is 25.7 Å². The van der Waals surface area contributed by atoms with Crippen molar-refractivity contribution in [2.45, 2.75) is 58.0 Å². The molecule has 3 nitrogen and oxygen atoms in total. The average molecular weight is 224 g/mol. The van der Waals surface area contributed by atoms with Crippen molar-refractivity contribution in [1.29, 1.82) is 0 Å². The summed E-state index contributed by atoms with van der Waals surface area (Å²) in [6, 6.07) is 0.0884. The van der Waals surface area contributed by atoms with E-state index < -0.39 is 0 Å². The van der Waals surface area contributed by atoms with Crippen LogP contribution in [-0.2, 0) is 4.79 Å². The predicted molar refractivity (Wildman–Crippen MR) is 64.8 cm³/mol. The van der Waals surface area contributed by atoms with E-state index in [0.29, 0.717) is 6.04 Å². The van der Waals surface area contributed by atoms with E-state index in [-0.39, 0.29) is 17.9 Å². The average Bonchev–Trinajstić information content (AvgIpc) is 2.88. The topological polar surface area (TPSA) is 55.1 Å². The van der Waals surface area contributed by atoms with Crippen LogP contribution in [0.25, 0.3) is 0 Å². The summed E-state index contributed by atoms with van der Waals surface area (Å²) >= 11 is 0. The van der Waals surface area contributed by atoms with E-state index in [1.54, 1.807) is 0 Å². The Morgan fingerprint density at radius 1 is 1.44 bits per heavy atom. The Bertz CT molecular complexity index is 267. The largest absolute Gasteiger partial charge is 0.352 e. The van der Waals surface area contributed by atoms with Gasteiger partial charge in [0.05, 0.1) is 6.04 Å². The lowest BCUT2D eigenvalue weighted by Crippen LogP contribution is -2.49. The molecule has 0 aromatic heterocycles. The van der Waals surface area contributed by atoms with Crippen molar-refractivity contribution in [3.63, 3.8) is 0 Å². The minimum absolute atomic E-state index is 0.0619. The molecular formula is C13H24N2O. The van der Waals surface area contributed by atoms with Gasteiger partial charge in [-0.2, -0.15) is 0 Å². The Hall–Kier alpha value is -0.570. The number of nitrogens with two attached hydrogens (primary N) is 1. The van der Waals surface area contributed by atoms with Crippen molar-refractivity contribution < 1.29 is 4.79 Å². The summed E-state index contributed by atoms with van der Waals surface area (Å²) in [6.07, 6.45) is 6.14. The first-order valence-corrected chi connectivity index (χ1v) is 6.67. The van der Waals surface area contributed by atoms with Gasteiger partial charge in [0.15, 0.2) is 0 Å². The number of nitrogens with one attached hydrogen (secondary N) is 1. The second kappa shape index (κ2) is 4.74. The lowest BCUT2D eigenvalue weighted by atomic mass is 9.94. The van der Waals surface area contributed by atoms with Crippen molar-refractivity contribution in [1.82, 2.24) is 5.32 Å². The first kappa shape index (κ1) is 11.9. The monoisotopic (exact) mass is 224 g/mol. The summed E-state index contributed by atoms with van der Waals surface area (Å²) in [4.78, 5) is 11.9. The van der Waals surface area contributed by atoms with E-state index in [0.717, 1.165) is 18.3 Å². The summed E-state index contributed by atoms with van der Waals surface area (Å²) < 4.78 is 0. The third-order valence-corrected chi connectivity index (χ3v) is 4.63. The van der Waals surface area contributed by atoms with Gasteiger partial charge in [-0.15, -0.1) is 0 Å². The fourth-order valence-corrected chi connectivity index (χ4v) is 3.21. The highest BCUT2D eigenvalue weighted by Gasteiger charge is 2.40. The van der Waals surface area contributed by atoms with Crippen LogP contribution >= 0.6 is 0 Å². The van der Waals surface area contributed by atoms with Gasteiger partial charge in [0.2, 0.25) is 5.91 Å². The molecule has 92 valence electrons. The van der Waals surface area contributed by atoms with Crippen LogP contribution in [0.1, 0.15) is 46.0 Å². The Balaban J connectivity index is 1.83. The van der Waals surface area contributed by atoms with Gasteiger partial charge in [0.1, 0.15) is 0 Å². The number of fused-ring (bicyclic) bond motifs is 2. The summed E-state index contributed by atoms with van der Waals surface area (Å²) in [5.41, 5.74) is 5.94. The Morgan fingerprint density at radius 2 is 2.19 bits per heavy atom. The molecule has 0 aromatic rings. The van der Waals surface area contributed by atoms with Crippen molar-refractivity contribution >= 4 is 5.91 Å². The van der Waals surface area contributed by atoms with Gasteiger partial charge in [-0.3, -0.25) is 4.79 Å². The number of rotatable bonds is 4. The van der Waals surface area contributed by atoms with Crippen LogP contribution in [0.2, 0.25) is 0 Å². The second-order valence-electron chi connectivity index (χ2n) is 5.70. The predicted octanol–water partition coefficient (Wildman–Crippen LogP) is 1.66. The molecule has 3 N–H and O–H groups in total. The number of hydrogen-bond acceptors (Lipinski definition) is 2. The fourth-order valence-electron chi connectivity index (χ4n) is 3.21. The van der Waals surface area contributed by atoms with Gasteiger partial charge in [0, 0.05) is 6.04 Å². The smallest absolute Gasteiger partial charge is 0.237 e. The van der Waals surface area contributed by atoms with Crippen molar-refractivity contribution in [3.05, 3.63) is 0 Å². The highest BCUT2D eigenvalue weighted by molar-refractivity contribution is 5.82. The zero-order valence-corrected chi connectivity index (χ0v) is 10.4. The van der Waals surface area contributed by atoms with Gasteiger partial charge in [-0.25, -0.2) is 0 Å². The SMILES string of the molecule is CC[C@H](C)[C@H](N)C(=O)NC1CC2CCC1C2. The van der Waals surface area contributed by atoms with Gasteiger partial charge < -0.3 is 11.1 Å². The maximum Gasteiger partial charge on any atom is 0.237 e. The quantitative estimate of drug-likeness (QED) is 0.763. The third-order valence-electron chi connectivity index (χ3n) is 4.63. The van der Waals surface area contributed by atoms with Crippen molar-refractivity contribution in [2.24, 2.45) is 23.5 Å². The molecule has 0 saturated heterocycles. The van der Waals surface area contributed by atoms with Gasteiger partial charge in [-0.05, 0) is 37.0 Å². The highest BCUT2D eigenvalue weighted by atomic mass is 16.2. The fraction of sp³-hybridized carbons (Fsp3) is 0.923. The van der Waals surface area contributed by atoms with E-state index in [2.05, 4.69) is 12.2 Å². The summed E-state index contributed by atoms with van der Waals surface area (Å²) in [5.74, 6) is 1.94. The van der Waals surface area contributed by atoms with Crippen molar-refractivity contribution in [3.8, 4) is 0 Å². The molecule has 0 radical (unpaired) electrons. The van der Waals surface area contributed by atoms with E-state index in [4.69, 9.17) is 5.73 Å². The number of carbonyl (C=O) groups excluding carboxylic acids is 1. The molecule has 2 rings (SSSR count). The summed E-state index contributed by atoms with van der Waals surface area (Å²) in [6.45, 7) is 4.13. The first-order valence-electron chi connectivity index (χ1n) is 6.67. The van der Waals surface area contributed by atoms with E-state index >= 15 is 0 Å². The molecule has 2 bridgehead atoms. The van der Waals surface area contributed by atoms with E-state index in [1.807, 2.05) is 6.92 Å². The Labute approximate surface area is 98.2 Å². The molecule has 0 aromatic carbocycles. The molecule has 2 aliphatic carbocycles. The summed E-state index contributed by atoms with van der Waals surface area (Å²) in [7, 11) is 0. The molecule has 0 aliphatic heterocycles. The molecule has 2 saturated carbocycles. The van der Waals surface area contributed by atoms with Crippen LogP contribution in [-0.4, -0.2) is 18.0 Å². The molecule has 0 heterocycles. The van der Waals surface area contributed by atoms with Crippen LogP contribution in [0.4, 0.5) is 0 Å². The Kier molecular flexibility index (Phi) is 3.53. The molecule has 3 unspecified atom stereocenters. The third kappa shape index (κ3) is 2.24. The zero-order valence-electron chi connectivity index (χ0n) is 10.4.